The summed E-state index contributed by atoms with van der Waals surface area (Å²) in [6, 6.07) is 0. The maximum Gasteiger partial charge on any atom is -0.0274 e. The van der Waals surface area contributed by atoms with Crippen molar-refractivity contribution in [3.63, 3.8) is 0 Å². The van der Waals surface area contributed by atoms with Crippen molar-refractivity contribution in [3.8, 4) is 0 Å². The number of rotatable bonds is 1. The van der Waals surface area contributed by atoms with E-state index in [9.17, 15) is 0 Å². The summed E-state index contributed by atoms with van der Waals surface area (Å²) in [5.41, 5.74) is 0.708. The van der Waals surface area contributed by atoms with Crippen LogP contribution in [0.1, 0.15) is 34.1 Å². The van der Waals surface area contributed by atoms with Crippen molar-refractivity contribution in [1.29, 1.82) is 0 Å². The summed E-state index contributed by atoms with van der Waals surface area (Å²) in [6.45, 7) is 9.38. The van der Waals surface area contributed by atoms with Crippen LogP contribution in [0, 0.1) is 17.3 Å². The molecule has 0 aromatic carbocycles. The van der Waals surface area contributed by atoms with Crippen molar-refractivity contribution in [2.24, 2.45) is 17.3 Å². The van der Waals surface area contributed by atoms with E-state index >= 15 is 0 Å². The molecule has 0 aromatic heterocycles. The first-order valence-corrected chi connectivity index (χ1v) is 3.57. The van der Waals surface area contributed by atoms with E-state index in [-0.39, 0.29) is 0 Å². The molecule has 1 rings (SSSR count). The molecular formula is C8H16. The van der Waals surface area contributed by atoms with Crippen LogP contribution in [0.4, 0.5) is 0 Å². The topological polar surface area (TPSA) is 0 Å². The molecule has 0 amide bonds. The van der Waals surface area contributed by atoms with Gasteiger partial charge in [0.15, 0.2) is 0 Å². The highest BCUT2D eigenvalue weighted by atomic mass is 14.5. The van der Waals surface area contributed by atoms with E-state index in [1.807, 2.05) is 0 Å². The molecule has 2 atom stereocenters. The lowest BCUT2D eigenvalue weighted by Crippen LogP contribution is -2.05. The summed E-state index contributed by atoms with van der Waals surface area (Å²) in [5.74, 6) is 1.87. The molecule has 0 aliphatic heterocycles. The number of hydrogen-bond donors (Lipinski definition) is 0. The first-order chi connectivity index (χ1) is 3.57. The molecule has 1 saturated carbocycles. The van der Waals surface area contributed by atoms with E-state index in [1.54, 1.807) is 0 Å². The Morgan fingerprint density at radius 1 is 1.50 bits per heavy atom. The van der Waals surface area contributed by atoms with Gasteiger partial charge in [0.25, 0.3) is 0 Å². The van der Waals surface area contributed by atoms with Crippen molar-refractivity contribution in [1.82, 2.24) is 0 Å². The van der Waals surface area contributed by atoms with Gasteiger partial charge in [0.05, 0.1) is 0 Å². The molecular weight excluding hydrogens is 96.1 g/mol. The Kier molecular flexibility index (Phi) is 1.14. The third kappa shape index (κ3) is 0.667. The Bertz CT molecular complexity index is 94.2. The Labute approximate surface area is 52.3 Å². The third-order valence-electron chi connectivity index (χ3n) is 3.03. The molecule has 0 bridgehead atoms. The van der Waals surface area contributed by atoms with E-state index < -0.39 is 0 Å². The van der Waals surface area contributed by atoms with Crippen LogP contribution in [0.25, 0.3) is 0 Å². The Hall–Kier alpha value is 0. The third-order valence-corrected chi connectivity index (χ3v) is 3.03. The van der Waals surface area contributed by atoms with Crippen LogP contribution < -0.4 is 0 Å². The summed E-state index contributed by atoms with van der Waals surface area (Å²) in [4.78, 5) is 0. The smallest absolute Gasteiger partial charge is 0.0274 e. The predicted octanol–water partition coefficient (Wildman–Crippen LogP) is 2.69. The summed E-state index contributed by atoms with van der Waals surface area (Å²) < 4.78 is 0. The molecule has 0 nitrogen and oxygen atoms in total. The highest BCUT2D eigenvalue weighted by molar-refractivity contribution is 4.97. The average molecular weight is 112 g/mol. The molecule has 0 saturated heterocycles. The van der Waals surface area contributed by atoms with Gasteiger partial charge in [-0.05, 0) is 23.7 Å². The standard InChI is InChI=1S/C8H16/c1-6(2)8(4)5-7(8)3/h6-7H,5H2,1-4H3/t7-,8+/m0/s1. The van der Waals surface area contributed by atoms with Crippen molar-refractivity contribution in [2.75, 3.05) is 0 Å². The quantitative estimate of drug-likeness (QED) is 0.489. The van der Waals surface area contributed by atoms with E-state index in [2.05, 4.69) is 27.7 Å². The molecule has 0 radical (unpaired) electrons. The molecule has 0 heteroatoms. The Balaban J connectivity index is 2.47. The lowest BCUT2D eigenvalue weighted by Gasteiger charge is -2.13. The highest BCUT2D eigenvalue weighted by Crippen LogP contribution is 2.56. The second kappa shape index (κ2) is 1.49. The van der Waals surface area contributed by atoms with Gasteiger partial charge in [-0.15, -0.1) is 0 Å². The Morgan fingerprint density at radius 2 is 1.88 bits per heavy atom. The first kappa shape index (κ1) is 6.12. The predicted molar refractivity (Wildman–Crippen MR) is 36.7 cm³/mol. The van der Waals surface area contributed by atoms with Gasteiger partial charge in [-0.2, -0.15) is 0 Å². The zero-order chi connectivity index (χ0) is 6.36. The fourth-order valence-corrected chi connectivity index (χ4v) is 1.41. The van der Waals surface area contributed by atoms with Crippen LogP contribution in [-0.2, 0) is 0 Å². The van der Waals surface area contributed by atoms with Crippen LogP contribution in [0.3, 0.4) is 0 Å². The monoisotopic (exact) mass is 112 g/mol. The van der Waals surface area contributed by atoms with E-state index in [0.717, 1.165) is 11.8 Å². The van der Waals surface area contributed by atoms with E-state index in [1.165, 1.54) is 6.42 Å². The fourth-order valence-electron chi connectivity index (χ4n) is 1.41. The second-order valence-corrected chi connectivity index (χ2v) is 3.77. The van der Waals surface area contributed by atoms with E-state index in [0.29, 0.717) is 5.41 Å². The second-order valence-electron chi connectivity index (χ2n) is 3.77. The van der Waals surface area contributed by atoms with Gasteiger partial charge in [-0.3, -0.25) is 0 Å². The van der Waals surface area contributed by atoms with Crippen molar-refractivity contribution < 1.29 is 0 Å². The maximum absolute atomic E-state index is 2.39. The molecule has 8 heavy (non-hydrogen) atoms. The molecule has 0 heterocycles. The normalized spacial score (nSPS) is 45.4. The molecule has 0 unspecified atom stereocenters. The molecule has 1 aliphatic carbocycles. The first-order valence-electron chi connectivity index (χ1n) is 3.57. The van der Waals surface area contributed by atoms with Crippen molar-refractivity contribution >= 4 is 0 Å². The maximum atomic E-state index is 2.39. The van der Waals surface area contributed by atoms with Crippen LogP contribution in [-0.4, -0.2) is 0 Å². The van der Waals surface area contributed by atoms with Crippen LogP contribution in [0.2, 0.25) is 0 Å². The molecule has 48 valence electrons. The minimum absolute atomic E-state index is 0.708. The van der Waals surface area contributed by atoms with Crippen molar-refractivity contribution in [2.45, 2.75) is 34.1 Å². The van der Waals surface area contributed by atoms with Gasteiger partial charge >= 0.3 is 0 Å². The average Bonchev–Trinajstić information content (AvgIpc) is 2.17. The minimum Gasteiger partial charge on any atom is -0.0622 e. The fraction of sp³-hybridized carbons (Fsp3) is 1.00. The lowest BCUT2D eigenvalue weighted by atomic mass is 9.93. The summed E-state index contributed by atoms with van der Waals surface area (Å²) >= 11 is 0. The van der Waals surface area contributed by atoms with Gasteiger partial charge in [-0.25, -0.2) is 0 Å². The van der Waals surface area contributed by atoms with Gasteiger partial charge in [0, 0.05) is 0 Å². The van der Waals surface area contributed by atoms with Crippen LogP contribution in [0.15, 0.2) is 0 Å². The highest BCUT2D eigenvalue weighted by Gasteiger charge is 2.48. The Morgan fingerprint density at radius 3 is 1.88 bits per heavy atom. The molecule has 1 fully saturated rings. The molecule has 0 N–H and O–H groups in total. The van der Waals surface area contributed by atoms with Gasteiger partial charge in [0.1, 0.15) is 0 Å². The zero-order valence-corrected chi connectivity index (χ0v) is 6.36. The van der Waals surface area contributed by atoms with Gasteiger partial charge in [-0.1, -0.05) is 27.7 Å². The van der Waals surface area contributed by atoms with Crippen LogP contribution >= 0.6 is 0 Å². The van der Waals surface area contributed by atoms with Crippen molar-refractivity contribution in [3.05, 3.63) is 0 Å². The summed E-state index contributed by atoms with van der Waals surface area (Å²) in [6.07, 6.45) is 1.45. The molecule has 0 aromatic rings. The summed E-state index contributed by atoms with van der Waals surface area (Å²) in [7, 11) is 0. The molecule has 0 spiro atoms. The zero-order valence-electron chi connectivity index (χ0n) is 6.36. The van der Waals surface area contributed by atoms with Crippen LogP contribution in [0.5, 0.6) is 0 Å². The van der Waals surface area contributed by atoms with Gasteiger partial charge < -0.3 is 0 Å². The summed E-state index contributed by atoms with van der Waals surface area (Å²) in [5, 5.41) is 0. The van der Waals surface area contributed by atoms with Gasteiger partial charge in [0.2, 0.25) is 0 Å². The number of hydrogen-bond acceptors (Lipinski definition) is 0. The molecule has 1 aliphatic rings. The lowest BCUT2D eigenvalue weighted by molar-refractivity contribution is 0.366. The largest absolute Gasteiger partial charge is 0.0622 e. The minimum atomic E-state index is 0.708. The van der Waals surface area contributed by atoms with E-state index in [4.69, 9.17) is 0 Å². The SMILES string of the molecule is CC(C)[C@@]1(C)C[C@@H]1C.